The molecule has 0 saturated heterocycles. The minimum Gasteiger partial charge on any atom is -0.875 e. The molecule has 0 aliphatic heterocycles. The van der Waals surface area contributed by atoms with Crippen molar-refractivity contribution >= 4 is 24.0 Å². The van der Waals surface area contributed by atoms with E-state index in [-0.39, 0.29) is 51.0 Å². The van der Waals surface area contributed by atoms with Crippen LogP contribution in [0.1, 0.15) is 84.3 Å². The smallest absolute Gasteiger partial charge is 0.875 e. The molecule has 2 aromatic carbocycles. The second-order valence-corrected chi connectivity index (χ2v) is 10.1. The van der Waals surface area contributed by atoms with Gasteiger partial charge in [0, 0.05) is 23.6 Å². The largest absolute Gasteiger partial charge is 2.00 e. The summed E-state index contributed by atoms with van der Waals surface area (Å²) in [5.74, 6) is -1.49. The SMILES string of the molecule is CC(=O)C(C=N[C@@H](c1c(C)cc(C)cc1C)[C@@H](N=CC(C(C)=O)=C(C)[O-])c1c(C)cc(C)cc1C)=C(C)[O-].[Co+2]. The van der Waals surface area contributed by atoms with Crippen molar-refractivity contribution in [2.75, 3.05) is 0 Å². The van der Waals surface area contributed by atoms with E-state index in [9.17, 15) is 19.8 Å². The standard InChI is InChI=1S/C32H40N2O4.Co/c1-17-11-19(3)29(20(4)12-17)31(33-15-27(23(7)35)24(8)36)32(34-16-28(25(9)37)26(10)38)30-21(5)13-18(2)14-22(30)6;/h11-16,31-32,35,37H,1-10H3;/q;+2/p-2/t31-,32-;/m0./s1. The second-order valence-electron chi connectivity index (χ2n) is 10.1. The normalized spacial score (nSPS) is 14.5. The van der Waals surface area contributed by atoms with E-state index in [0.717, 1.165) is 44.5 Å². The van der Waals surface area contributed by atoms with Crippen molar-refractivity contribution in [3.05, 3.63) is 91.4 Å². The van der Waals surface area contributed by atoms with Crippen molar-refractivity contribution in [3.63, 3.8) is 0 Å². The van der Waals surface area contributed by atoms with Crippen molar-refractivity contribution in [3.8, 4) is 0 Å². The maximum atomic E-state index is 12.2. The minimum absolute atomic E-state index is 0. The first-order valence-corrected chi connectivity index (χ1v) is 12.6. The molecule has 2 aromatic rings. The van der Waals surface area contributed by atoms with Gasteiger partial charge in [0.2, 0.25) is 0 Å². The quantitative estimate of drug-likeness (QED) is 0.242. The van der Waals surface area contributed by atoms with Gasteiger partial charge < -0.3 is 10.2 Å². The molecule has 0 spiro atoms. The zero-order valence-corrected chi connectivity index (χ0v) is 25.5. The number of allylic oxidation sites excluding steroid dienone is 4. The molecule has 0 amide bonds. The molecule has 0 N–H and O–H groups in total. The molecule has 0 fully saturated rings. The topological polar surface area (TPSA) is 105 Å². The molecule has 6 nitrogen and oxygen atoms in total. The van der Waals surface area contributed by atoms with Crippen LogP contribution in [0.4, 0.5) is 0 Å². The van der Waals surface area contributed by atoms with Crippen LogP contribution in [0.25, 0.3) is 0 Å². The number of Topliss-reactive ketones (excluding diaryl/α,β-unsaturated/α-hetero) is 2. The van der Waals surface area contributed by atoms with Gasteiger partial charge in [-0.2, -0.15) is 0 Å². The van der Waals surface area contributed by atoms with E-state index in [2.05, 4.69) is 24.3 Å². The van der Waals surface area contributed by atoms with Gasteiger partial charge in [-0.3, -0.25) is 19.6 Å². The molecule has 7 heteroatoms. The first-order valence-electron chi connectivity index (χ1n) is 12.6. The van der Waals surface area contributed by atoms with Crippen LogP contribution >= 0.6 is 0 Å². The summed E-state index contributed by atoms with van der Waals surface area (Å²) < 4.78 is 0. The van der Waals surface area contributed by atoms with Gasteiger partial charge in [0.1, 0.15) is 12.1 Å². The summed E-state index contributed by atoms with van der Waals surface area (Å²) in [6, 6.07) is 6.96. The summed E-state index contributed by atoms with van der Waals surface area (Å²) in [4.78, 5) is 34.1. The monoisotopic (exact) mass is 573 g/mol. The van der Waals surface area contributed by atoms with Crippen molar-refractivity contribution in [1.82, 2.24) is 0 Å². The molecule has 0 aliphatic rings. The number of carbonyl (C=O) groups excluding carboxylic acids is 2. The number of hydrogen-bond acceptors (Lipinski definition) is 6. The van der Waals surface area contributed by atoms with E-state index in [1.54, 1.807) is 0 Å². The number of ketones is 2. The van der Waals surface area contributed by atoms with Crippen molar-refractivity contribution in [2.24, 2.45) is 9.98 Å². The Bertz CT molecular complexity index is 1220. The van der Waals surface area contributed by atoms with E-state index in [4.69, 9.17) is 9.98 Å². The van der Waals surface area contributed by atoms with Crippen LogP contribution in [-0.2, 0) is 26.4 Å². The molecule has 1 radical (unpaired) electrons. The van der Waals surface area contributed by atoms with Crippen LogP contribution in [0.3, 0.4) is 0 Å². The van der Waals surface area contributed by atoms with Gasteiger partial charge in [-0.1, -0.05) is 49.2 Å². The molecule has 0 saturated carbocycles. The third kappa shape index (κ3) is 8.34. The Morgan fingerprint density at radius 2 is 0.872 bits per heavy atom. The third-order valence-corrected chi connectivity index (χ3v) is 6.61. The number of rotatable bonds is 9. The number of hydrogen-bond donors (Lipinski definition) is 0. The third-order valence-electron chi connectivity index (χ3n) is 6.61. The fourth-order valence-electron chi connectivity index (χ4n) is 5.11. The molecule has 209 valence electrons. The second kappa shape index (κ2) is 14.2. The minimum atomic E-state index is -0.638. The van der Waals surface area contributed by atoms with Crippen molar-refractivity contribution < 1.29 is 36.6 Å². The van der Waals surface area contributed by atoms with Gasteiger partial charge in [-0.05, 0) is 88.8 Å². The number of aliphatic imine (C=N–C) groups is 2. The van der Waals surface area contributed by atoms with Crippen LogP contribution in [0.15, 0.2) is 56.9 Å². The van der Waals surface area contributed by atoms with Crippen LogP contribution in [0.5, 0.6) is 0 Å². The van der Waals surface area contributed by atoms with Gasteiger partial charge in [-0.25, -0.2) is 0 Å². The average Bonchev–Trinajstić information content (AvgIpc) is 2.74. The van der Waals surface area contributed by atoms with Gasteiger partial charge in [0.25, 0.3) is 0 Å². The van der Waals surface area contributed by atoms with Crippen LogP contribution in [-0.4, -0.2) is 24.0 Å². The Labute approximate surface area is 242 Å². The predicted octanol–water partition coefficient (Wildman–Crippen LogP) is 4.91. The average molecular weight is 574 g/mol. The van der Waals surface area contributed by atoms with E-state index in [1.165, 1.54) is 40.1 Å². The zero-order valence-electron chi connectivity index (χ0n) is 24.5. The van der Waals surface area contributed by atoms with Gasteiger partial charge in [0.05, 0.1) is 0 Å². The summed E-state index contributed by atoms with van der Waals surface area (Å²) in [6.07, 6.45) is 2.69. The summed E-state index contributed by atoms with van der Waals surface area (Å²) in [5, 5.41) is 24.4. The number of carbonyl (C=O) groups is 2. The molecule has 0 heterocycles. The Kier molecular flexibility index (Phi) is 12.3. The molecule has 0 unspecified atom stereocenters. The molecular formula is C32H38CoN2O4. The van der Waals surface area contributed by atoms with E-state index in [0.29, 0.717) is 0 Å². The summed E-state index contributed by atoms with van der Waals surface area (Å²) in [7, 11) is 0. The molecule has 0 aromatic heterocycles. The van der Waals surface area contributed by atoms with E-state index in [1.807, 2.05) is 41.5 Å². The maximum absolute atomic E-state index is 12.2. The molecule has 2 atom stereocenters. The number of nitrogens with zero attached hydrogens (tertiary/aromatic N) is 2. The predicted molar refractivity (Wildman–Crippen MR) is 151 cm³/mol. The molecule has 39 heavy (non-hydrogen) atoms. The summed E-state index contributed by atoms with van der Waals surface area (Å²) in [6.45, 7) is 17.4. The van der Waals surface area contributed by atoms with Crippen LogP contribution < -0.4 is 10.2 Å². The first kappa shape index (κ1) is 33.7. The Morgan fingerprint density at radius 3 is 1.08 bits per heavy atom. The number of benzene rings is 2. The Hall–Kier alpha value is -3.29. The van der Waals surface area contributed by atoms with Crippen LogP contribution in [0, 0.1) is 41.5 Å². The van der Waals surface area contributed by atoms with Crippen LogP contribution in [0.2, 0.25) is 0 Å². The van der Waals surface area contributed by atoms with E-state index >= 15 is 0 Å². The molecular weight excluding hydrogens is 535 g/mol. The van der Waals surface area contributed by atoms with Gasteiger partial charge in [0.15, 0.2) is 11.6 Å². The van der Waals surface area contributed by atoms with E-state index < -0.39 is 12.1 Å². The van der Waals surface area contributed by atoms with Crippen molar-refractivity contribution in [1.29, 1.82) is 0 Å². The summed E-state index contributed by atoms with van der Waals surface area (Å²) >= 11 is 0. The Morgan fingerprint density at radius 1 is 0.615 bits per heavy atom. The first-order chi connectivity index (χ1) is 17.6. The van der Waals surface area contributed by atoms with Gasteiger partial charge >= 0.3 is 16.8 Å². The van der Waals surface area contributed by atoms with Crippen molar-refractivity contribution in [2.45, 2.75) is 81.3 Å². The molecule has 0 aliphatic carbocycles. The zero-order chi connectivity index (χ0) is 28.9. The number of aryl methyl sites for hydroxylation is 6. The maximum Gasteiger partial charge on any atom is 2.00 e. The summed E-state index contributed by atoms with van der Waals surface area (Å²) in [5.41, 5.74) is 7.95. The molecule has 2 rings (SSSR count). The molecule has 0 bridgehead atoms. The fraction of sp³-hybridized carbons (Fsp3) is 0.375. The fourth-order valence-corrected chi connectivity index (χ4v) is 5.11. The Balaban J connectivity index is 0.00000760. The van der Waals surface area contributed by atoms with Gasteiger partial charge in [-0.15, -0.1) is 11.5 Å².